The summed E-state index contributed by atoms with van der Waals surface area (Å²) in [5, 5.41) is 11.3. The summed E-state index contributed by atoms with van der Waals surface area (Å²) in [6.45, 7) is 2.09. The number of nitrogens with one attached hydrogen (secondary N) is 2. The fourth-order valence-electron chi connectivity index (χ4n) is 2.35. The number of carboxylic acids is 1. The Morgan fingerprint density at radius 3 is 2.67 bits per heavy atom. The van der Waals surface area contributed by atoms with Crippen LogP contribution in [0.25, 0.3) is 0 Å². The van der Waals surface area contributed by atoms with Gasteiger partial charge in [0.25, 0.3) is 0 Å². The normalized spacial score (nSPS) is 14.9. The van der Waals surface area contributed by atoms with Crippen LogP contribution in [-0.2, 0) is 37.6 Å². The Bertz CT molecular complexity index is 731. The highest BCUT2D eigenvalue weighted by Crippen LogP contribution is 2.22. The fourth-order valence-corrected chi connectivity index (χ4v) is 3.38. The highest BCUT2D eigenvalue weighted by molar-refractivity contribution is 7.89. The van der Waals surface area contributed by atoms with Crippen LogP contribution in [0.3, 0.4) is 0 Å². The van der Waals surface area contributed by atoms with E-state index >= 15 is 0 Å². The number of amides is 1. The minimum Gasteiger partial charge on any atom is -0.480 e. The van der Waals surface area contributed by atoms with Gasteiger partial charge in [0.1, 0.15) is 6.04 Å². The van der Waals surface area contributed by atoms with Gasteiger partial charge in [0.2, 0.25) is 15.9 Å². The number of fused-ring (bicyclic) bond motifs is 1. The average Bonchev–Trinajstić information content (AvgIpc) is 3.00. The number of rotatable bonds is 8. The van der Waals surface area contributed by atoms with E-state index in [1.807, 2.05) is 0 Å². The Kier molecular flexibility index (Phi) is 5.92. The summed E-state index contributed by atoms with van der Waals surface area (Å²) in [4.78, 5) is 22.8. The molecule has 0 radical (unpaired) electrons. The zero-order valence-electron chi connectivity index (χ0n) is 13.2. The van der Waals surface area contributed by atoms with Crippen molar-refractivity contribution < 1.29 is 27.9 Å². The molecule has 1 aliphatic rings. The maximum absolute atomic E-state index is 12.2. The molecule has 132 valence electrons. The van der Waals surface area contributed by atoms with Gasteiger partial charge in [0.05, 0.1) is 24.7 Å². The van der Waals surface area contributed by atoms with E-state index in [1.165, 1.54) is 12.1 Å². The molecule has 1 amide bonds. The molecule has 0 saturated carbocycles. The number of carbonyl (C=O) groups is 2. The van der Waals surface area contributed by atoms with Gasteiger partial charge in [-0.3, -0.25) is 4.79 Å². The van der Waals surface area contributed by atoms with E-state index in [1.54, 1.807) is 13.0 Å². The lowest BCUT2D eigenvalue weighted by Crippen LogP contribution is -2.45. The first-order valence-electron chi connectivity index (χ1n) is 7.55. The number of hydrogen-bond donors (Lipinski definition) is 3. The Morgan fingerprint density at radius 1 is 1.29 bits per heavy atom. The quantitative estimate of drug-likeness (QED) is 0.618. The molecule has 2 rings (SSSR count). The van der Waals surface area contributed by atoms with Crippen LogP contribution in [0.5, 0.6) is 0 Å². The molecular weight excluding hydrogens is 336 g/mol. The first-order chi connectivity index (χ1) is 11.3. The highest BCUT2D eigenvalue weighted by Gasteiger charge is 2.22. The van der Waals surface area contributed by atoms with Crippen molar-refractivity contribution in [2.75, 3.05) is 6.54 Å². The van der Waals surface area contributed by atoms with Gasteiger partial charge in [0.15, 0.2) is 0 Å². The largest absolute Gasteiger partial charge is 0.480 e. The maximum atomic E-state index is 12.2. The van der Waals surface area contributed by atoms with E-state index in [2.05, 4.69) is 10.0 Å². The van der Waals surface area contributed by atoms with E-state index in [0.717, 1.165) is 11.1 Å². The SMILES string of the molecule is CCCC(NC(=O)CNS(=O)(=O)c1ccc2c(c1)COC2)C(=O)O. The molecule has 1 unspecified atom stereocenters. The second-order valence-corrected chi connectivity index (χ2v) is 7.26. The minimum atomic E-state index is -3.86. The number of hydrogen-bond acceptors (Lipinski definition) is 5. The minimum absolute atomic E-state index is 0.0443. The molecule has 1 atom stereocenters. The van der Waals surface area contributed by atoms with Crippen molar-refractivity contribution >= 4 is 21.9 Å². The molecular formula is C15H20N2O6S. The second-order valence-electron chi connectivity index (χ2n) is 5.49. The third-order valence-electron chi connectivity index (χ3n) is 3.64. The van der Waals surface area contributed by atoms with Crippen LogP contribution in [0.4, 0.5) is 0 Å². The first-order valence-corrected chi connectivity index (χ1v) is 9.03. The molecule has 3 N–H and O–H groups in total. The summed E-state index contributed by atoms with van der Waals surface area (Å²) in [7, 11) is -3.86. The van der Waals surface area contributed by atoms with Crippen LogP contribution in [0.1, 0.15) is 30.9 Å². The Morgan fingerprint density at radius 2 is 2.00 bits per heavy atom. The van der Waals surface area contributed by atoms with Crippen LogP contribution in [0, 0.1) is 0 Å². The topological polar surface area (TPSA) is 122 Å². The van der Waals surface area contributed by atoms with Gasteiger partial charge in [0, 0.05) is 0 Å². The second kappa shape index (κ2) is 7.73. The summed E-state index contributed by atoms with van der Waals surface area (Å²) >= 11 is 0. The van der Waals surface area contributed by atoms with Gasteiger partial charge in [-0.15, -0.1) is 0 Å². The number of benzene rings is 1. The maximum Gasteiger partial charge on any atom is 0.326 e. The molecule has 0 saturated heterocycles. The van der Waals surface area contributed by atoms with Gasteiger partial charge in [-0.1, -0.05) is 19.4 Å². The van der Waals surface area contributed by atoms with Crippen molar-refractivity contribution in [3.05, 3.63) is 29.3 Å². The number of carboxylic acid groups (broad SMARTS) is 1. The lowest BCUT2D eigenvalue weighted by Gasteiger charge is -2.14. The van der Waals surface area contributed by atoms with Crippen LogP contribution >= 0.6 is 0 Å². The fraction of sp³-hybridized carbons (Fsp3) is 0.467. The summed E-state index contributed by atoms with van der Waals surface area (Å²) in [6.07, 6.45) is 0.860. The van der Waals surface area contributed by atoms with Gasteiger partial charge in [-0.25, -0.2) is 17.9 Å². The third kappa shape index (κ3) is 4.53. The van der Waals surface area contributed by atoms with E-state index in [9.17, 15) is 18.0 Å². The highest BCUT2D eigenvalue weighted by atomic mass is 32.2. The summed E-state index contributed by atoms with van der Waals surface area (Å²) in [6, 6.07) is 3.62. The zero-order chi connectivity index (χ0) is 17.7. The third-order valence-corrected chi connectivity index (χ3v) is 5.04. The van der Waals surface area contributed by atoms with Crippen LogP contribution < -0.4 is 10.0 Å². The predicted molar refractivity (Wildman–Crippen MR) is 84.6 cm³/mol. The van der Waals surface area contributed by atoms with Crippen LogP contribution in [-0.4, -0.2) is 38.0 Å². The van der Waals surface area contributed by atoms with Crippen molar-refractivity contribution in [2.24, 2.45) is 0 Å². The Balaban J connectivity index is 1.97. The van der Waals surface area contributed by atoms with E-state index in [0.29, 0.717) is 19.6 Å². The molecule has 1 aromatic carbocycles. The van der Waals surface area contributed by atoms with E-state index in [4.69, 9.17) is 9.84 Å². The van der Waals surface area contributed by atoms with Crippen LogP contribution in [0.2, 0.25) is 0 Å². The molecule has 0 spiro atoms. The number of aliphatic carboxylic acids is 1. The molecule has 24 heavy (non-hydrogen) atoms. The average molecular weight is 356 g/mol. The lowest BCUT2D eigenvalue weighted by molar-refractivity contribution is -0.141. The van der Waals surface area contributed by atoms with E-state index < -0.39 is 34.5 Å². The molecule has 1 heterocycles. The summed E-state index contributed by atoms with van der Waals surface area (Å²) in [5.41, 5.74) is 1.74. The molecule has 1 aliphatic heterocycles. The summed E-state index contributed by atoms with van der Waals surface area (Å²) < 4.78 is 31.9. The molecule has 8 nitrogen and oxygen atoms in total. The number of carbonyl (C=O) groups excluding carboxylic acids is 1. The monoisotopic (exact) mass is 356 g/mol. The number of ether oxygens (including phenoxy) is 1. The van der Waals surface area contributed by atoms with Gasteiger partial charge in [-0.2, -0.15) is 0 Å². The Labute approximate surface area is 140 Å². The molecule has 0 bridgehead atoms. The molecule has 9 heteroatoms. The molecule has 1 aromatic rings. The van der Waals surface area contributed by atoms with E-state index in [-0.39, 0.29) is 11.3 Å². The summed E-state index contributed by atoms with van der Waals surface area (Å²) in [5.74, 6) is -1.84. The first kappa shape index (κ1) is 18.4. The van der Waals surface area contributed by atoms with Crippen molar-refractivity contribution in [1.82, 2.24) is 10.0 Å². The van der Waals surface area contributed by atoms with Gasteiger partial charge >= 0.3 is 5.97 Å². The van der Waals surface area contributed by atoms with Crippen molar-refractivity contribution in [3.8, 4) is 0 Å². The molecule has 0 fully saturated rings. The van der Waals surface area contributed by atoms with Crippen LogP contribution in [0.15, 0.2) is 23.1 Å². The predicted octanol–water partition coefficient (Wildman–Crippen LogP) is 0.365. The lowest BCUT2D eigenvalue weighted by atomic mass is 10.1. The van der Waals surface area contributed by atoms with Crippen molar-refractivity contribution in [2.45, 2.75) is 43.9 Å². The zero-order valence-corrected chi connectivity index (χ0v) is 14.1. The van der Waals surface area contributed by atoms with Crippen molar-refractivity contribution in [3.63, 3.8) is 0 Å². The Hall–Kier alpha value is -1.97. The smallest absolute Gasteiger partial charge is 0.326 e. The number of sulfonamides is 1. The van der Waals surface area contributed by atoms with Gasteiger partial charge in [-0.05, 0) is 29.7 Å². The molecule has 0 aromatic heterocycles. The molecule has 0 aliphatic carbocycles. The van der Waals surface area contributed by atoms with Crippen molar-refractivity contribution in [1.29, 1.82) is 0 Å². The standard InChI is InChI=1S/C15H20N2O6S/c1-2-3-13(15(19)20)17-14(18)7-16-24(21,22)12-5-4-10-8-23-9-11(10)6-12/h4-6,13,16H,2-3,7-9H2,1H3,(H,17,18)(H,19,20). The van der Waals surface area contributed by atoms with Gasteiger partial charge < -0.3 is 15.2 Å².